The lowest BCUT2D eigenvalue weighted by Crippen LogP contribution is -2.37. The first-order valence-corrected chi connectivity index (χ1v) is 8.34. The van der Waals surface area contributed by atoms with Gasteiger partial charge in [-0.1, -0.05) is 12.1 Å². The van der Waals surface area contributed by atoms with Gasteiger partial charge >= 0.3 is 5.97 Å². The van der Waals surface area contributed by atoms with Crippen LogP contribution in [0.4, 0.5) is 10.1 Å². The van der Waals surface area contributed by atoms with Crippen LogP contribution in [0, 0.1) is 5.82 Å². The zero-order valence-corrected chi connectivity index (χ0v) is 15.4. The summed E-state index contributed by atoms with van der Waals surface area (Å²) in [6.07, 6.45) is -0.994. The van der Waals surface area contributed by atoms with Gasteiger partial charge < -0.3 is 15.0 Å². The lowest BCUT2D eigenvalue weighted by atomic mass is 10.2. The minimum absolute atomic E-state index is 0.198. The fraction of sp³-hybridized carbons (Fsp3) is 0.250. The molecule has 0 heterocycles. The van der Waals surface area contributed by atoms with Gasteiger partial charge in [0.1, 0.15) is 5.82 Å². The summed E-state index contributed by atoms with van der Waals surface area (Å²) >= 11 is 0. The standard InChI is InChI=1S/C20H21FN2O4/c1-13(19(25)23(3)12-15-5-4-6-17(21)11-15)27-20(26)16-7-9-18(10-8-16)22-14(2)24/h4-11,13H,12H2,1-3H3,(H,22,24). The molecule has 2 aromatic carbocycles. The Morgan fingerprint density at radius 3 is 2.41 bits per heavy atom. The first kappa shape index (κ1) is 20.1. The van der Waals surface area contributed by atoms with Crippen molar-refractivity contribution in [1.29, 1.82) is 0 Å². The summed E-state index contributed by atoms with van der Waals surface area (Å²) in [5, 5.41) is 2.59. The summed E-state index contributed by atoms with van der Waals surface area (Å²) in [6, 6.07) is 12.1. The van der Waals surface area contributed by atoms with E-state index in [-0.39, 0.29) is 23.8 Å². The van der Waals surface area contributed by atoms with Crippen molar-refractivity contribution in [2.75, 3.05) is 12.4 Å². The number of carbonyl (C=O) groups is 3. The van der Waals surface area contributed by atoms with Crippen molar-refractivity contribution in [1.82, 2.24) is 4.90 Å². The van der Waals surface area contributed by atoms with Crippen molar-refractivity contribution in [3.63, 3.8) is 0 Å². The summed E-state index contributed by atoms with van der Waals surface area (Å²) in [5.41, 5.74) is 1.45. The third-order valence-corrected chi connectivity index (χ3v) is 3.76. The molecule has 1 unspecified atom stereocenters. The van der Waals surface area contributed by atoms with Gasteiger partial charge in [0, 0.05) is 26.2 Å². The quantitative estimate of drug-likeness (QED) is 0.791. The van der Waals surface area contributed by atoms with Crippen LogP contribution in [-0.2, 0) is 20.9 Å². The lowest BCUT2D eigenvalue weighted by molar-refractivity contribution is -0.139. The van der Waals surface area contributed by atoms with Gasteiger partial charge in [0.25, 0.3) is 5.91 Å². The highest BCUT2D eigenvalue weighted by Crippen LogP contribution is 2.13. The largest absolute Gasteiger partial charge is 0.449 e. The number of ether oxygens (including phenoxy) is 1. The van der Waals surface area contributed by atoms with Crippen molar-refractivity contribution in [2.45, 2.75) is 26.5 Å². The smallest absolute Gasteiger partial charge is 0.338 e. The van der Waals surface area contributed by atoms with Crippen LogP contribution < -0.4 is 5.32 Å². The van der Waals surface area contributed by atoms with E-state index in [0.29, 0.717) is 11.3 Å². The Morgan fingerprint density at radius 2 is 1.81 bits per heavy atom. The Kier molecular flexibility index (Phi) is 6.65. The van der Waals surface area contributed by atoms with Gasteiger partial charge in [-0.2, -0.15) is 0 Å². The minimum atomic E-state index is -0.994. The van der Waals surface area contributed by atoms with Gasteiger partial charge in [-0.25, -0.2) is 9.18 Å². The van der Waals surface area contributed by atoms with E-state index in [2.05, 4.69) is 5.32 Å². The molecule has 0 aliphatic rings. The number of nitrogens with zero attached hydrogens (tertiary/aromatic N) is 1. The van der Waals surface area contributed by atoms with Crippen molar-refractivity contribution in [3.8, 4) is 0 Å². The second kappa shape index (κ2) is 8.93. The van der Waals surface area contributed by atoms with Crippen LogP contribution in [0.1, 0.15) is 29.8 Å². The molecule has 0 aliphatic heterocycles. The molecule has 27 heavy (non-hydrogen) atoms. The van der Waals surface area contributed by atoms with Crippen LogP contribution in [0.15, 0.2) is 48.5 Å². The molecular formula is C20H21FN2O4. The number of halogens is 1. The molecule has 0 aromatic heterocycles. The molecule has 0 bridgehead atoms. The van der Waals surface area contributed by atoms with Crippen LogP contribution >= 0.6 is 0 Å². The third-order valence-electron chi connectivity index (χ3n) is 3.76. The van der Waals surface area contributed by atoms with E-state index >= 15 is 0 Å². The molecule has 2 aromatic rings. The third kappa shape index (κ3) is 5.91. The average Bonchev–Trinajstić information content (AvgIpc) is 2.61. The highest BCUT2D eigenvalue weighted by atomic mass is 19.1. The van der Waals surface area contributed by atoms with Crippen LogP contribution in [0.5, 0.6) is 0 Å². The average molecular weight is 372 g/mol. The molecule has 0 radical (unpaired) electrons. The Labute approximate surface area is 156 Å². The molecule has 0 fully saturated rings. The Balaban J connectivity index is 1.94. The number of anilines is 1. The SMILES string of the molecule is CC(=O)Nc1ccc(C(=O)OC(C)C(=O)N(C)Cc2cccc(F)c2)cc1. The Morgan fingerprint density at radius 1 is 1.15 bits per heavy atom. The number of esters is 1. The second-order valence-corrected chi connectivity index (χ2v) is 6.13. The van der Waals surface area contributed by atoms with Crippen molar-refractivity contribution >= 4 is 23.5 Å². The fourth-order valence-corrected chi connectivity index (χ4v) is 2.47. The van der Waals surface area contributed by atoms with Gasteiger partial charge in [0.05, 0.1) is 5.56 Å². The van der Waals surface area contributed by atoms with E-state index in [0.717, 1.165) is 0 Å². The minimum Gasteiger partial charge on any atom is -0.449 e. The highest BCUT2D eigenvalue weighted by molar-refractivity contribution is 5.93. The van der Waals surface area contributed by atoms with E-state index in [1.165, 1.54) is 43.0 Å². The van der Waals surface area contributed by atoms with Crippen LogP contribution in [0.3, 0.4) is 0 Å². The Hall–Kier alpha value is -3.22. The Bertz CT molecular complexity index is 836. The van der Waals surface area contributed by atoms with E-state index < -0.39 is 18.0 Å². The number of amides is 2. The summed E-state index contributed by atoms with van der Waals surface area (Å²) < 4.78 is 18.4. The summed E-state index contributed by atoms with van der Waals surface area (Å²) in [5.74, 6) is -1.65. The number of nitrogens with one attached hydrogen (secondary N) is 1. The first-order valence-electron chi connectivity index (χ1n) is 8.34. The van der Waals surface area contributed by atoms with E-state index in [1.807, 2.05) is 0 Å². The van der Waals surface area contributed by atoms with Crippen LogP contribution in [0.25, 0.3) is 0 Å². The van der Waals surface area contributed by atoms with Crippen LogP contribution in [0.2, 0.25) is 0 Å². The van der Waals surface area contributed by atoms with Gasteiger partial charge in [-0.3, -0.25) is 9.59 Å². The maximum absolute atomic E-state index is 13.2. The fourth-order valence-electron chi connectivity index (χ4n) is 2.47. The molecule has 2 amide bonds. The number of carbonyl (C=O) groups excluding carboxylic acids is 3. The molecule has 0 saturated heterocycles. The van der Waals surface area contributed by atoms with Crippen LogP contribution in [-0.4, -0.2) is 35.8 Å². The number of rotatable bonds is 6. The van der Waals surface area contributed by atoms with E-state index in [1.54, 1.807) is 31.3 Å². The zero-order chi connectivity index (χ0) is 20.0. The molecule has 0 spiro atoms. The molecule has 6 nitrogen and oxygen atoms in total. The summed E-state index contributed by atoms with van der Waals surface area (Å²) in [6.45, 7) is 3.06. The molecule has 1 atom stereocenters. The first-order chi connectivity index (χ1) is 12.8. The second-order valence-electron chi connectivity index (χ2n) is 6.13. The zero-order valence-electron chi connectivity index (χ0n) is 15.4. The number of likely N-dealkylation sites (N-methyl/N-ethyl adjacent to an activating group) is 1. The molecule has 2 rings (SSSR count). The van der Waals surface area contributed by atoms with Crippen molar-refractivity contribution in [2.24, 2.45) is 0 Å². The normalized spacial score (nSPS) is 11.4. The maximum atomic E-state index is 13.2. The molecule has 0 aliphatic carbocycles. The highest BCUT2D eigenvalue weighted by Gasteiger charge is 2.22. The molecule has 7 heteroatoms. The van der Waals surface area contributed by atoms with Gasteiger partial charge in [-0.05, 0) is 48.9 Å². The molecule has 142 valence electrons. The lowest BCUT2D eigenvalue weighted by Gasteiger charge is -2.21. The molecule has 0 saturated carbocycles. The number of hydrogen-bond acceptors (Lipinski definition) is 4. The van der Waals surface area contributed by atoms with Crippen molar-refractivity contribution in [3.05, 3.63) is 65.5 Å². The van der Waals surface area contributed by atoms with Gasteiger partial charge in [-0.15, -0.1) is 0 Å². The predicted octanol–water partition coefficient (Wildman–Crippen LogP) is 2.99. The number of hydrogen-bond donors (Lipinski definition) is 1. The van der Waals surface area contributed by atoms with E-state index in [9.17, 15) is 18.8 Å². The summed E-state index contributed by atoms with van der Waals surface area (Å²) in [7, 11) is 1.56. The molecule has 1 N–H and O–H groups in total. The van der Waals surface area contributed by atoms with Gasteiger partial charge in [0.15, 0.2) is 6.10 Å². The topological polar surface area (TPSA) is 75.7 Å². The molecular weight excluding hydrogens is 351 g/mol. The maximum Gasteiger partial charge on any atom is 0.338 e. The van der Waals surface area contributed by atoms with Gasteiger partial charge in [0.2, 0.25) is 5.91 Å². The van der Waals surface area contributed by atoms with Crippen molar-refractivity contribution < 1.29 is 23.5 Å². The van der Waals surface area contributed by atoms with E-state index in [4.69, 9.17) is 4.74 Å². The number of benzene rings is 2. The predicted molar refractivity (Wildman–Crippen MR) is 98.5 cm³/mol. The summed E-state index contributed by atoms with van der Waals surface area (Å²) in [4.78, 5) is 36.9. The monoisotopic (exact) mass is 372 g/mol.